The van der Waals surface area contributed by atoms with Crippen LogP contribution in [0, 0.1) is 24.2 Å². The summed E-state index contributed by atoms with van der Waals surface area (Å²) in [5, 5.41) is 17.1. The zero-order chi connectivity index (χ0) is 24.2. The third kappa shape index (κ3) is 5.35. The minimum absolute atomic E-state index is 0.0164. The van der Waals surface area contributed by atoms with Gasteiger partial charge in [-0.25, -0.2) is 0 Å². The van der Waals surface area contributed by atoms with Crippen LogP contribution >= 0.6 is 11.6 Å². The molecule has 2 N–H and O–H groups in total. The summed E-state index contributed by atoms with van der Waals surface area (Å²) in [6.45, 7) is 4.55. The van der Waals surface area contributed by atoms with Crippen molar-refractivity contribution in [2.24, 2.45) is 11.8 Å². The number of nitrogens with zero attached hydrogens (tertiary/aromatic N) is 2. The van der Waals surface area contributed by atoms with Crippen LogP contribution in [-0.4, -0.2) is 33.9 Å². The van der Waals surface area contributed by atoms with E-state index >= 15 is 0 Å². The van der Waals surface area contributed by atoms with Gasteiger partial charge in [0.25, 0.3) is 5.89 Å². The highest BCUT2D eigenvalue weighted by molar-refractivity contribution is 6.32. The molecule has 2 aromatic carbocycles. The van der Waals surface area contributed by atoms with Crippen LogP contribution in [0.1, 0.15) is 38.7 Å². The molecular weight excluding hydrogens is 454 g/mol. The zero-order valence-corrected chi connectivity index (χ0v) is 19.8. The van der Waals surface area contributed by atoms with Gasteiger partial charge in [0.2, 0.25) is 5.82 Å². The Kier molecular flexibility index (Phi) is 7.09. The van der Waals surface area contributed by atoms with Crippen LogP contribution in [0.2, 0.25) is 5.02 Å². The molecule has 2 atom stereocenters. The molecule has 0 bridgehead atoms. The van der Waals surface area contributed by atoms with Crippen LogP contribution in [0.5, 0.6) is 5.75 Å². The van der Waals surface area contributed by atoms with Crippen LogP contribution in [0.25, 0.3) is 22.8 Å². The Labute approximate surface area is 203 Å². The largest absolute Gasteiger partial charge is 0.489 e. The fraction of sp³-hybridized carbons (Fsp3) is 0.346. The Morgan fingerprint density at radius 2 is 2.09 bits per heavy atom. The molecule has 8 heteroatoms. The van der Waals surface area contributed by atoms with Crippen molar-refractivity contribution in [1.82, 2.24) is 10.1 Å². The molecule has 0 saturated heterocycles. The molecule has 1 saturated carbocycles. The maximum atomic E-state index is 11.2. The molecule has 0 amide bonds. The summed E-state index contributed by atoms with van der Waals surface area (Å²) in [5.74, 6) is 3.40. The first-order valence-electron chi connectivity index (χ1n) is 11.2. The van der Waals surface area contributed by atoms with E-state index in [-0.39, 0.29) is 12.0 Å². The van der Waals surface area contributed by atoms with Crippen molar-refractivity contribution in [3.63, 3.8) is 0 Å². The number of carbonyl (C=O) groups is 1. The standard InChI is InChI=1S/C26H26ClN3O4/c1-4-17-12-19(7-9-22(17)28-14-16-5-6-20(11-16)26(31)32)25-29-24(30-34-25)18-8-10-23(21(27)13-18)33-15(2)3/h1,7-10,12-13,15-16,20,28H,5-6,11,14H2,2-3H3,(H,31,32)/t16?,20-/m1/s1. The van der Waals surface area contributed by atoms with E-state index in [0.29, 0.717) is 58.1 Å². The first kappa shape index (κ1) is 23.7. The van der Waals surface area contributed by atoms with Crippen molar-refractivity contribution in [1.29, 1.82) is 0 Å². The summed E-state index contributed by atoms with van der Waals surface area (Å²) < 4.78 is 11.1. The van der Waals surface area contributed by atoms with E-state index in [1.54, 1.807) is 12.1 Å². The Balaban J connectivity index is 1.47. The maximum absolute atomic E-state index is 11.2. The lowest BCUT2D eigenvalue weighted by Crippen LogP contribution is -2.14. The van der Waals surface area contributed by atoms with Gasteiger partial charge >= 0.3 is 5.97 Å². The highest BCUT2D eigenvalue weighted by Crippen LogP contribution is 2.33. The van der Waals surface area contributed by atoms with Crippen molar-refractivity contribution in [2.45, 2.75) is 39.2 Å². The molecule has 1 aromatic heterocycles. The number of hydrogen-bond donors (Lipinski definition) is 2. The lowest BCUT2D eigenvalue weighted by atomic mass is 10.0. The van der Waals surface area contributed by atoms with Crippen LogP contribution in [0.15, 0.2) is 40.9 Å². The summed E-state index contributed by atoms with van der Waals surface area (Å²) >= 11 is 6.33. The van der Waals surface area contributed by atoms with Crippen LogP contribution in [0.4, 0.5) is 5.69 Å². The van der Waals surface area contributed by atoms with E-state index in [4.69, 9.17) is 27.3 Å². The molecule has 0 aliphatic heterocycles. The van der Waals surface area contributed by atoms with E-state index in [1.807, 2.05) is 38.1 Å². The smallest absolute Gasteiger partial charge is 0.306 e. The Morgan fingerprint density at radius 1 is 1.29 bits per heavy atom. The van der Waals surface area contributed by atoms with Crippen LogP contribution < -0.4 is 10.1 Å². The zero-order valence-electron chi connectivity index (χ0n) is 19.0. The van der Waals surface area contributed by atoms with E-state index < -0.39 is 5.97 Å². The predicted molar refractivity (Wildman–Crippen MR) is 131 cm³/mol. The number of nitrogens with one attached hydrogen (secondary N) is 1. The number of carboxylic acid groups (broad SMARTS) is 1. The Hall–Kier alpha value is -3.50. The van der Waals surface area contributed by atoms with Gasteiger partial charge in [0.15, 0.2) is 0 Å². The van der Waals surface area contributed by atoms with Gasteiger partial charge in [0.1, 0.15) is 5.75 Å². The van der Waals surface area contributed by atoms with E-state index in [0.717, 1.165) is 18.5 Å². The van der Waals surface area contributed by atoms with Gasteiger partial charge in [0.05, 0.1) is 17.0 Å². The molecule has 1 unspecified atom stereocenters. The quantitative estimate of drug-likeness (QED) is 0.397. The number of terminal acetylenes is 1. The minimum Gasteiger partial charge on any atom is -0.489 e. The fourth-order valence-electron chi connectivity index (χ4n) is 4.14. The number of aromatic nitrogens is 2. The highest BCUT2D eigenvalue weighted by Gasteiger charge is 2.29. The summed E-state index contributed by atoms with van der Waals surface area (Å²) in [6, 6.07) is 10.9. The molecular formula is C26H26ClN3O4. The highest BCUT2D eigenvalue weighted by atomic mass is 35.5. The molecule has 7 nitrogen and oxygen atoms in total. The number of aliphatic carboxylic acids is 1. The number of halogens is 1. The minimum atomic E-state index is -0.711. The van der Waals surface area contributed by atoms with E-state index in [2.05, 4.69) is 21.4 Å². The van der Waals surface area contributed by atoms with Crippen molar-refractivity contribution >= 4 is 23.3 Å². The summed E-state index contributed by atoms with van der Waals surface area (Å²) in [5.41, 5.74) is 2.90. The van der Waals surface area contributed by atoms with E-state index in [1.165, 1.54) is 0 Å². The lowest BCUT2D eigenvalue weighted by Gasteiger charge is -2.14. The fourth-order valence-corrected chi connectivity index (χ4v) is 4.36. The van der Waals surface area contributed by atoms with Gasteiger partial charge in [-0.05, 0) is 75.4 Å². The average molecular weight is 480 g/mol. The molecule has 1 fully saturated rings. The topological polar surface area (TPSA) is 97.5 Å². The Morgan fingerprint density at radius 3 is 2.76 bits per heavy atom. The van der Waals surface area contributed by atoms with Gasteiger partial charge in [-0.2, -0.15) is 4.98 Å². The van der Waals surface area contributed by atoms with Gasteiger partial charge < -0.3 is 19.7 Å². The molecule has 1 aliphatic rings. The Bertz CT molecular complexity index is 1230. The normalized spacial score (nSPS) is 17.5. The average Bonchev–Trinajstić information content (AvgIpc) is 3.49. The third-order valence-corrected chi connectivity index (χ3v) is 6.17. The molecule has 1 heterocycles. The number of anilines is 1. The summed E-state index contributed by atoms with van der Waals surface area (Å²) in [4.78, 5) is 15.7. The first-order valence-corrected chi connectivity index (χ1v) is 11.6. The van der Waals surface area contributed by atoms with Gasteiger partial charge in [-0.15, -0.1) is 6.42 Å². The summed E-state index contributed by atoms with van der Waals surface area (Å²) in [6.07, 6.45) is 8.06. The molecule has 176 valence electrons. The van der Waals surface area contributed by atoms with Gasteiger partial charge in [0, 0.05) is 28.9 Å². The first-order chi connectivity index (χ1) is 16.3. The second kappa shape index (κ2) is 10.2. The summed E-state index contributed by atoms with van der Waals surface area (Å²) in [7, 11) is 0. The van der Waals surface area contributed by atoms with Gasteiger partial charge in [-0.1, -0.05) is 22.7 Å². The number of ether oxygens (including phenoxy) is 1. The second-order valence-electron chi connectivity index (χ2n) is 8.73. The molecule has 34 heavy (non-hydrogen) atoms. The number of rotatable bonds is 8. The SMILES string of the molecule is C#Cc1cc(-c2nc(-c3ccc(OC(C)C)c(Cl)c3)no2)ccc1NCC1CC[C@@H](C(=O)O)C1. The van der Waals surface area contributed by atoms with Crippen LogP contribution in [0.3, 0.4) is 0 Å². The van der Waals surface area contributed by atoms with Crippen molar-refractivity contribution in [2.75, 3.05) is 11.9 Å². The second-order valence-corrected chi connectivity index (χ2v) is 9.14. The van der Waals surface area contributed by atoms with Crippen molar-refractivity contribution < 1.29 is 19.2 Å². The molecule has 0 radical (unpaired) electrons. The number of benzene rings is 2. The van der Waals surface area contributed by atoms with Gasteiger partial charge in [-0.3, -0.25) is 4.79 Å². The number of hydrogen-bond acceptors (Lipinski definition) is 6. The lowest BCUT2D eigenvalue weighted by molar-refractivity contribution is -0.141. The maximum Gasteiger partial charge on any atom is 0.306 e. The monoisotopic (exact) mass is 479 g/mol. The molecule has 0 spiro atoms. The molecule has 1 aliphatic carbocycles. The third-order valence-electron chi connectivity index (χ3n) is 5.87. The van der Waals surface area contributed by atoms with Crippen molar-refractivity contribution in [3.8, 4) is 40.9 Å². The van der Waals surface area contributed by atoms with E-state index in [9.17, 15) is 9.90 Å². The number of carboxylic acids is 1. The molecule has 4 rings (SSSR count). The van der Waals surface area contributed by atoms with Crippen molar-refractivity contribution in [3.05, 3.63) is 47.0 Å². The molecule has 3 aromatic rings. The van der Waals surface area contributed by atoms with Crippen LogP contribution in [-0.2, 0) is 4.79 Å². The predicted octanol–water partition coefficient (Wildman–Crippen LogP) is 5.74.